The van der Waals surface area contributed by atoms with E-state index in [1.54, 1.807) is 13.2 Å². The first-order valence-corrected chi connectivity index (χ1v) is 4.71. The van der Waals surface area contributed by atoms with Crippen LogP contribution in [0.15, 0.2) is 22.1 Å². The van der Waals surface area contributed by atoms with Crippen molar-refractivity contribution < 1.29 is 9.21 Å². The van der Waals surface area contributed by atoms with Gasteiger partial charge in [-0.2, -0.15) is 0 Å². The summed E-state index contributed by atoms with van der Waals surface area (Å²) in [5.74, 6) is 0.147. The standard InChI is InChI=1S/C7H11N3O2S/c1-9-5(6(8)11)4-13-7-10-2-3-12-7/h2-3,5,9H,4H2,1H3,(H2,8,11). The Bertz CT molecular complexity index is 263. The number of likely N-dealkylation sites (N-methyl/N-ethyl adjacent to an activating group) is 1. The Hall–Kier alpha value is -1.01. The maximum Gasteiger partial charge on any atom is 0.255 e. The molecule has 1 aromatic heterocycles. The van der Waals surface area contributed by atoms with Crippen LogP contribution in [0.2, 0.25) is 0 Å². The number of carbonyl (C=O) groups is 1. The second-order valence-corrected chi connectivity index (χ2v) is 3.32. The lowest BCUT2D eigenvalue weighted by Gasteiger charge is -2.09. The van der Waals surface area contributed by atoms with Crippen LogP contribution in [0.3, 0.4) is 0 Å². The lowest BCUT2D eigenvalue weighted by atomic mass is 10.3. The summed E-state index contributed by atoms with van der Waals surface area (Å²) >= 11 is 1.35. The zero-order valence-corrected chi connectivity index (χ0v) is 8.00. The van der Waals surface area contributed by atoms with Crippen molar-refractivity contribution in [1.82, 2.24) is 10.3 Å². The van der Waals surface area contributed by atoms with E-state index in [0.717, 1.165) is 0 Å². The first kappa shape index (κ1) is 10.1. The van der Waals surface area contributed by atoms with E-state index in [4.69, 9.17) is 10.2 Å². The third-order valence-electron chi connectivity index (χ3n) is 1.48. The van der Waals surface area contributed by atoms with Crippen LogP contribution in [-0.4, -0.2) is 29.7 Å². The number of nitrogens with two attached hydrogens (primary N) is 1. The van der Waals surface area contributed by atoms with Gasteiger partial charge in [-0.3, -0.25) is 4.79 Å². The summed E-state index contributed by atoms with van der Waals surface area (Å²) in [7, 11) is 1.69. The maximum absolute atomic E-state index is 10.8. The van der Waals surface area contributed by atoms with E-state index in [1.807, 2.05) is 0 Å². The second kappa shape index (κ2) is 4.88. The summed E-state index contributed by atoms with van der Waals surface area (Å²) < 4.78 is 4.98. The van der Waals surface area contributed by atoms with E-state index in [1.165, 1.54) is 18.0 Å². The zero-order chi connectivity index (χ0) is 9.68. The molecule has 1 aromatic rings. The van der Waals surface area contributed by atoms with Gasteiger partial charge in [0.15, 0.2) is 0 Å². The molecule has 1 unspecified atom stereocenters. The van der Waals surface area contributed by atoms with Crippen LogP contribution >= 0.6 is 11.8 Å². The molecule has 0 saturated heterocycles. The van der Waals surface area contributed by atoms with Crippen LogP contribution in [0.25, 0.3) is 0 Å². The SMILES string of the molecule is CNC(CSc1ncco1)C(N)=O. The highest BCUT2D eigenvalue weighted by atomic mass is 32.2. The minimum Gasteiger partial charge on any atom is -0.440 e. The molecule has 1 amide bonds. The molecule has 13 heavy (non-hydrogen) atoms. The number of amides is 1. The maximum atomic E-state index is 10.8. The molecule has 0 aliphatic rings. The van der Waals surface area contributed by atoms with Crippen LogP contribution in [0.5, 0.6) is 0 Å². The Kier molecular flexibility index (Phi) is 3.78. The molecule has 0 saturated carbocycles. The van der Waals surface area contributed by atoms with E-state index < -0.39 is 0 Å². The molecular weight excluding hydrogens is 190 g/mol. The molecule has 0 aliphatic heterocycles. The van der Waals surface area contributed by atoms with E-state index in [9.17, 15) is 4.79 Å². The van der Waals surface area contributed by atoms with Crippen molar-refractivity contribution in [1.29, 1.82) is 0 Å². The van der Waals surface area contributed by atoms with Crippen LogP contribution in [0, 0.1) is 0 Å². The van der Waals surface area contributed by atoms with Crippen LogP contribution in [0.4, 0.5) is 0 Å². The number of nitrogens with zero attached hydrogens (tertiary/aromatic N) is 1. The van der Waals surface area contributed by atoms with Crippen molar-refractivity contribution in [3.63, 3.8) is 0 Å². The Morgan fingerprint density at radius 3 is 3.15 bits per heavy atom. The highest BCUT2D eigenvalue weighted by Crippen LogP contribution is 2.15. The first-order chi connectivity index (χ1) is 6.24. The third kappa shape index (κ3) is 3.08. The molecule has 0 aromatic carbocycles. The second-order valence-electron chi connectivity index (χ2n) is 2.35. The quantitative estimate of drug-likeness (QED) is 0.647. The predicted molar refractivity (Wildman–Crippen MR) is 49.3 cm³/mol. The number of aromatic nitrogens is 1. The van der Waals surface area contributed by atoms with E-state index in [-0.39, 0.29) is 11.9 Å². The molecule has 0 aliphatic carbocycles. The van der Waals surface area contributed by atoms with Gasteiger partial charge in [-0.05, 0) is 7.05 Å². The number of hydrogen-bond acceptors (Lipinski definition) is 5. The average Bonchev–Trinajstić information content (AvgIpc) is 2.57. The van der Waals surface area contributed by atoms with Gasteiger partial charge in [0.2, 0.25) is 5.91 Å². The fraction of sp³-hybridized carbons (Fsp3) is 0.429. The number of rotatable bonds is 5. The van der Waals surface area contributed by atoms with Crippen molar-refractivity contribution in [2.45, 2.75) is 11.3 Å². The van der Waals surface area contributed by atoms with Crippen molar-refractivity contribution in [2.75, 3.05) is 12.8 Å². The molecule has 6 heteroatoms. The smallest absolute Gasteiger partial charge is 0.255 e. The minimum atomic E-state index is -0.374. The lowest BCUT2D eigenvalue weighted by molar-refractivity contribution is -0.119. The highest BCUT2D eigenvalue weighted by molar-refractivity contribution is 7.99. The van der Waals surface area contributed by atoms with Gasteiger partial charge in [-0.25, -0.2) is 4.98 Å². The Labute approximate surface area is 80.1 Å². The largest absolute Gasteiger partial charge is 0.440 e. The minimum absolute atomic E-state index is 0.350. The summed E-state index contributed by atoms with van der Waals surface area (Å²) in [6.07, 6.45) is 3.04. The van der Waals surface area contributed by atoms with Crippen LogP contribution in [0.1, 0.15) is 0 Å². The van der Waals surface area contributed by atoms with Gasteiger partial charge in [-0.15, -0.1) is 0 Å². The summed E-state index contributed by atoms with van der Waals surface area (Å²) in [6, 6.07) is -0.350. The topological polar surface area (TPSA) is 81.2 Å². The average molecular weight is 201 g/mol. The third-order valence-corrected chi connectivity index (χ3v) is 2.42. The summed E-state index contributed by atoms with van der Waals surface area (Å²) in [6.45, 7) is 0. The van der Waals surface area contributed by atoms with Gasteiger partial charge in [0.25, 0.3) is 5.22 Å². The number of oxazole rings is 1. The monoisotopic (exact) mass is 201 g/mol. The van der Waals surface area contributed by atoms with Gasteiger partial charge in [0.05, 0.1) is 12.2 Å². The summed E-state index contributed by atoms with van der Waals surface area (Å²) in [5, 5.41) is 3.34. The molecular formula is C7H11N3O2S. The summed E-state index contributed by atoms with van der Waals surface area (Å²) in [5.41, 5.74) is 5.12. The number of carbonyl (C=O) groups excluding carboxylic acids is 1. The molecule has 0 radical (unpaired) electrons. The molecule has 0 bridgehead atoms. The molecule has 0 spiro atoms. The molecule has 1 atom stereocenters. The van der Waals surface area contributed by atoms with Crippen molar-refractivity contribution in [3.05, 3.63) is 12.5 Å². The molecule has 0 fully saturated rings. The Morgan fingerprint density at radius 1 is 1.92 bits per heavy atom. The molecule has 5 nitrogen and oxygen atoms in total. The van der Waals surface area contributed by atoms with Gasteiger partial charge in [0, 0.05) is 5.75 Å². The molecule has 1 rings (SSSR count). The van der Waals surface area contributed by atoms with Gasteiger partial charge < -0.3 is 15.5 Å². The normalized spacial score (nSPS) is 12.7. The molecule has 3 N–H and O–H groups in total. The molecule has 1 heterocycles. The van der Waals surface area contributed by atoms with E-state index in [2.05, 4.69) is 10.3 Å². The summed E-state index contributed by atoms with van der Waals surface area (Å²) in [4.78, 5) is 14.7. The number of primary amides is 1. The molecule has 72 valence electrons. The first-order valence-electron chi connectivity index (χ1n) is 3.73. The van der Waals surface area contributed by atoms with Gasteiger partial charge in [0.1, 0.15) is 6.26 Å². The highest BCUT2D eigenvalue weighted by Gasteiger charge is 2.13. The fourth-order valence-electron chi connectivity index (χ4n) is 0.744. The van der Waals surface area contributed by atoms with Crippen molar-refractivity contribution in [2.24, 2.45) is 5.73 Å². The van der Waals surface area contributed by atoms with Gasteiger partial charge in [-0.1, -0.05) is 11.8 Å². The number of thioether (sulfide) groups is 1. The van der Waals surface area contributed by atoms with Crippen LogP contribution in [-0.2, 0) is 4.79 Å². The Morgan fingerprint density at radius 2 is 2.69 bits per heavy atom. The number of nitrogens with one attached hydrogen (secondary N) is 1. The fourth-order valence-corrected chi connectivity index (χ4v) is 1.64. The zero-order valence-electron chi connectivity index (χ0n) is 7.19. The van der Waals surface area contributed by atoms with E-state index in [0.29, 0.717) is 11.0 Å². The Balaban J connectivity index is 2.36. The van der Waals surface area contributed by atoms with Crippen LogP contribution < -0.4 is 11.1 Å². The van der Waals surface area contributed by atoms with E-state index >= 15 is 0 Å². The lowest BCUT2D eigenvalue weighted by Crippen LogP contribution is -2.41. The predicted octanol–water partition coefficient (Wildman–Crippen LogP) is -0.160. The van der Waals surface area contributed by atoms with Crippen molar-refractivity contribution in [3.8, 4) is 0 Å². The van der Waals surface area contributed by atoms with Crippen molar-refractivity contribution >= 4 is 17.7 Å². The number of hydrogen-bond donors (Lipinski definition) is 2. The van der Waals surface area contributed by atoms with Gasteiger partial charge >= 0.3 is 0 Å².